The predicted octanol–water partition coefficient (Wildman–Crippen LogP) is 6.98. The summed E-state index contributed by atoms with van der Waals surface area (Å²) in [4.78, 5) is 31.2. The first-order valence-electron chi connectivity index (χ1n) is 19.1. The Kier molecular flexibility index (Phi) is 10.4. The van der Waals surface area contributed by atoms with E-state index >= 15 is 4.79 Å². The lowest BCUT2D eigenvalue weighted by Crippen LogP contribution is -2.51. The number of anilines is 2. The van der Waals surface area contributed by atoms with E-state index in [1.54, 1.807) is 12.0 Å². The smallest absolute Gasteiger partial charge is 0.414 e. The van der Waals surface area contributed by atoms with Crippen LogP contribution in [0.3, 0.4) is 0 Å². The molecule has 4 aromatic carbocycles. The van der Waals surface area contributed by atoms with Gasteiger partial charge in [-0.05, 0) is 65.6 Å². The summed E-state index contributed by atoms with van der Waals surface area (Å²) < 4.78 is 20.8. The molecule has 13 heteroatoms. The second-order valence-corrected chi connectivity index (χ2v) is 21.1. The van der Waals surface area contributed by atoms with Gasteiger partial charge in [-0.3, -0.25) is 14.4 Å². The van der Waals surface area contributed by atoms with E-state index in [0.29, 0.717) is 38.4 Å². The highest BCUT2D eigenvalue weighted by atomic mass is 79.9. The highest BCUT2D eigenvalue weighted by Gasteiger charge is 2.66. The quantitative estimate of drug-likeness (QED) is 0.134. The van der Waals surface area contributed by atoms with Gasteiger partial charge in [0.25, 0.3) is 5.91 Å². The Bertz CT molecular complexity index is 2240. The van der Waals surface area contributed by atoms with E-state index in [4.69, 9.17) is 14.2 Å². The third-order valence-electron chi connectivity index (χ3n) is 12.1. The van der Waals surface area contributed by atoms with Crippen molar-refractivity contribution in [3.05, 3.63) is 130 Å². The molecule has 2 amide bonds. The van der Waals surface area contributed by atoms with Crippen LogP contribution in [0.1, 0.15) is 41.6 Å². The molecular weight excluding hydrogens is 790 g/mol. The number of halogens is 1. The van der Waals surface area contributed by atoms with Gasteiger partial charge in [0.1, 0.15) is 12.4 Å². The van der Waals surface area contributed by atoms with Crippen molar-refractivity contribution in [2.45, 2.75) is 62.7 Å². The number of ether oxygens (including phenoxy) is 3. The number of methoxy groups -OCH3 is 1. The Hall–Kier alpha value is -4.82. The molecule has 56 heavy (non-hydrogen) atoms. The van der Waals surface area contributed by atoms with Crippen molar-refractivity contribution in [1.82, 2.24) is 15.0 Å². The van der Waals surface area contributed by atoms with Crippen molar-refractivity contribution < 1.29 is 28.9 Å². The average Bonchev–Trinajstić information content (AvgIpc) is 3.98. The SMILES string of the molecule is COc1ccc([Si](C)(C)[C@H]2[C@H](CCn3cc(C(CO)c4ccccc4)nn3)O[C@@]3(C(=O)N(Cc4cccc(N5CCOC5=O)c4)c4ccc(Br)cc43)[C@@H]2C)cc1. The van der Waals surface area contributed by atoms with Crippen molar-refractivity contribution >= 4 is 52.6 Å². The number of fused-ring (bicyclic) bond motifs is 2. The summed E-state index contributed by atoms with van der Waals surface area (Å²) in [6.45, 7) is 8.52. The predicted molar refractivity (Wildman–Crippen MR) is 220 cm³/mol. The zero-order valence-corrected chi connectivity index (χ0v) is 34.6. The van der Waals surface area contributed by atoms with Crippen LogP contribution in [0.2, 0.25) is 18.6 Å². The fraction of sp³-hybridized carbons (Fsp3) is 0.349. The minimum Gasteiger partial charge on any atom is -0.497 e. The Morgan fingerprint density at radius 3 is 2.52 bits per heavy atom. The van der Waals surface area contributed by atoms with Crippen LogP contribution in [0.25, 0.3) is 0 Å². The maximum absolute atomic E-state index is 15.3. The van der Waals surface area contributed by atoms with Crippen LogP contribution in [-0.2, 0) is 33.0 Å². The van der Waals surface area contributed by atoms with Crippen molar-refractivity contribution in [2.24, 2.45) is 5.92 Å². The summed E-state index contributed by atoms with van der Waals surface area (Å²) >= 11 is 3.72. The first kappa shape index (κ1) is 38.1. The van der Waals surface area contributed by atoms with Crippen molar-refractivity contribution in [3.8, 4) is 5.75 Å². The molecule has 8 rings (SSSR count). The molecule has 3 aliphatic rings. The van der Waals surface area contributed by atoms with Gasteiger partial charge in [0.2, 0.25) is 0 Å². The van der Waals surface area contributed by atoms with E-state index in [2.05, 4.69) is 58.4 Å². The van der Waals surface area contributed by atoms with Crippen molar-refractivity contribution in [3.63, 3.8) is 0 Å². The Labute approximate surface area is 336 Å². The monoisotopic (exact) mass is 835 g/mol. The summed E-state index contributed by atoms with van der Waals surface area (Å²) in [5.74, 6) is 0.238. The van der Waals surface area contributed by atoms with E-state index in [-0.39, 0.29) is 42.1 Å². The molecule has 0 aliphatic carbocycles. The van der Waals surface area contributed by atoms with E-state index in [9.17, 15) is 9.90 Å². The standard InChI is InChI=1S/C43H46BrN5O6Si/c1-28-40(56(3,4)34-16-14-33(53-2)15-17-34)39(19-20-47-26-37(45-46-47)35(27-50)30-10-6-5-7-11-30)55-43(28)36-24-31(44)13-18-38(36)49(41(43)51)25-29-9-8-12-32(23-29)48-21-22-54-42(48)52/h5-18,23-24,26,28,35,39-40,50H,19-22,25,27H2,1-4H3/t28-,35?,39+,40-,43+/m1/s1. The average molecular weight is 837 g/mol. The molecule has 5 aromatic rings. The largest absolute Gasteiger partial charge is 0.497 e. The minimum atomic E-state index is -2.38. The van der Waals surface area contributed by atoms with Gasteiger partial charge in [0.15, 0.2) is 5.60 Å². The van der Waals surface area contributed by atoms with Crippen LogP contribution < -0.4 is 19.7 Å². The molecule has 3 aliphatic heterocycles. The van der Waals surface area contributed by atoms with Crippen LogP contribution in [0, 0.1) is 5.92 Å². The topological polar surface area (TPSA) is 119 Å². The maximum atomic E-state index is 15.3. The van der Waals surface area contributed by atoms with Crippen molar-refractivity contribution in [1.29, 1.82) is 0 Å². The number of carbonyl (C=O) groups is 2. The molecule has 1 unspecified atom stereocenters. The summed E-state index contributed by atoms with van der Waals surface area (Å²) in [6, 6.07) is 32.0. The van der Waals surface area contributed by atoms with Gasteiger partial charge >= 0.3 is 6.09 Å². The number of hydrogen-bond donors (Lipinski definition) is 1. The molecule has 5 atom stereocenters. The molecule has 290 valence electrons. The number of rotatable bonds is 12. The second kappa shape index (κ2) is 15.3. The number of carbonyl (C=O) groups excluding carboxylic acids is 2. The summed E-state index contributed by atoms with van der Waals surface area (Å²) in [5, 5.41) is 20.5. The van der Waals surface area contributed by atoms with Crippen molar-refractivity contribution in [2.75, 3.05) is 36.7 Å². The Morgan fingerprint density at radius 1 is 1.02 bits per heavy atom. The Balaban J connectivity index is 1.15. The van der Waals surface area contributed by atoms with Gasteiger partial charge in [-0.2, -0.15) is 0 Å². The molecule has 2 fully saturated rings. The third kappa shape index (κ3) is 6.63. The number of aliphatic hydroxyl groups excluding tert-OH is 1. The zero-order valence-electron chi connectivity index (χ0n) is 32.0. The van der Waals surface area contributed by atoms with Gasteiger partial charge in [-0.1, -0.05) is 101 Å². The molecule has 0 radical (unpaired) electrons. The van der Waals surface area contributed by atoms with Crippen LogP contribution >= 0.6 is 15.9 Å². The fourth-order valence-electron chi connectivity index (χ4n) is 9.24. The van der Waals surface area contributed by atoms with E-state index < -0.39 is 13.7 Å². The number of nitrogens with zero attached hydrogens (tertiary/aromatic N) is 5. The third-order valence-corrected chi connectivity index (χ3v) is 16.9. The maximum Gasteiger partial charge on any atom is 0.414 e. The zero-order chi connectivity index (χ0) is 39.2. The van der Waals surface area contributed by atoms with Gasteiger partial charge < -0.3 is 24.2 Å². The van der Waals surface area contributed by atoms with Crippen LogP contribution in [-0.4, -0.2) is 73.1 Å². The minimum absolute atomic E-state index is 0.0358. The number of aliphatic hydroxyl groups is 1. The van der Waals surface area contributed by atoms with Crippen LogP contribution in [0.4, 0.5) is 16.2 Å². The van der Waals surface area contributed by atoms with Crippen LogP contribution in [0.5, 0.6) is 5.75 Å². The first-order valence-corrected chi connectivity index (χ1v) is 23.0. The lowest BCUT2D eigenvalue weighted by molar-refractivity contribution is -0.146. The van der Waals surface area contributed by atoms with Gasteiger partial charge in [-0.15, -0.1) is 5.10 Å². The fourth-order valence-corrected chi connectivity index (χ4v) is 13.7. The summed E-state index contributed by atoms with van der Waals surface area (Å²) in [6.07, 6.45) is 1.86. The number of amides is 2. The number of hydrogen-bond acceptors (Lipinski definition) is 8. The molecule has 1 N–H and O–H groups in total. The molecule has 2 saturated heterocycles. The van der Waals surface area contributed by atoms with E-state index in [0.717, 1.165) is 38.3 Å². The highest BCUT2D eigenvalue weighted by Crippen LogP contribution is 2.60. The molecule has 0 bridgehead atoms. The highest BCUT2D eigenvalue weighted by molar-refractivity contribution is 9.10. The molecule has 11 nitrogen and oxygen atoms in total. The number of aromatic nitrogens is 3. The Morgan fingerprint density at radius 2 is 1.80 bits per heavy atom. The second-order valence-electron chi connectivity index (χ2n) is 15.5. The van der Waals surface area contributed by atoms with Gasteiger partial charge in [-0.25, -0.2) is 4.79 Å². The molecular formula is C43H46BrN5O6Si. The van der Waals surface area contributed by atoms with E-state index in [1.165, 1.54) is 5.19 Å². The van der Waals surface area contributed by atoms with Crippen LogP contribution in [0.15, 0.2) is 108 Å². The number of benzene rings is 4. The summed E-state index contributed by atoms with van der Waals surface area (Å²) in [5.41, 5.74) is 3.79. The number of aryl methyl sites for hydroxylation is 1. The summed E-state index contributed by atoms with van der Waals surface area (Å²) in [7, 11) is -0.710. The number of cyclic esters (lactones) is 1. The lowest BCUT2D eigenvalue weighted by atomic mass is 9.82. The lowest BCUT2D eigenvalue weighted by Gasteiger charge is -2.37. The van der Waals surface area contributed by atoms with E-state index in [1.807, 2.05) is 101 Å². The normalized spacial score (nSPS) is 22.5. The molecule has 4 heterocycles. The molecule has 1 aromatic heterocycles. The molecule has 1 spiro atoms. The van der Waals surface area contributed by atoms with Gasteiger partial charge in [0, 0.05) is 34.4 Å². The first-order chi connectivity index (χ1) is 27.0. The van der Waals surface area contributed by atoms with Gasteiger partial charge in [0.05, 0.1) is 58.3 Å². The molecule has 0 saturated carbocycles.